The predicted molar refractivity (Wildman–Crippen MR) is 213 cm³/mol. The Morgan fingerprint density at radius 3 is 1.53 bits per heavy atom. The summed E-state index contributed by atoms with van der Waals surface area (Å²) >= 11 is 0. The van der Waals surface area contributed by atoms with E-state index in [0.717, 1.165) is 32.1 Å². The van der Waals surface area contributed by atoms with Gasteiger partial charge in [0.05, 0.1) is 34.0 Å². The van der Waals surface area contributed by atoms with E-state index in [1.165, 1.54) is 135 Å². The predicted octanol–water partition coefficient (Wildman–Crippen LogP) is 11.8. The highest BCUT2D eigenvalue weighted by molar-refractivity contribution is 7.45. The third-order valence-electron chi connectivity index (χ3n) is 9.07. The van der Waals surface area contributed by atoms with Crippen LogP contribution in [-0.2, 0) is 27.9 Å². The highest BCUT2D eigenvalue weighted by Crippen LogP contribution is 2.38. The van der Waals surface area contributed by atoms with E-state index in [1.807, 2.05) is 27.2 Å². The van der Waals surface area contributed by atoms with E-state index >= 15 is 0 Å². The van der Waals surface area contributed by atoms with Gasteiger partial charge in [-0.05, 0) is 51.0 Å². The molecule has 0 aromatic heterocycles. The van der Waals surface area contributed by atoms with E-state index in [9.17, 15) is 14.3 Å². The molecule has 0 saturated carbocycles. The minimum absolute atomic E-state index is 0.0175. The number of quaternary nitrogens is 1. The zero-order chi connectivity index (χ0) is 37.7. The summed E-state index contributed by atoms with van der Waals surface area (Å²) in [5.41, 5.74) is 0. The summed E-state index contributed by atoms with van der Waals surface area (Å²) in [6.07, 6.45) is 39.9. The number of esters is 1. The van der Waals surface area contributed by atoms with Crippen LogP contribution < -0.4 is 4.89 Å². The Labute approximate surface area is 315 Å². The first-order chi connectivity index (χ1) is 24.6. The Bertz CT molecular complexity index is 874. The normalized spacial score (nSPS) is 14.0. The second-order valence-corrected chi connectivity index (χ2v) is 16.8. The third-order valence-corrected chi connectivity index (χ3v) is 10.0. The molecule has 2 unspecified atom stereocenters. The standard InChI is InChI=1S/C42H82NO7P/c1-6-8-10-12-14-16-18-20-21-22-24-26-28-30-32-34-37-47-39-41(40-49-51(45,46)48-38-36-43(3,4)5)50-42(44)35-33-31-29-27-25-23-19-17-15-13-11-9-7-2/h16,18,34,37,41H,6-15,17,19-33,35-36,38-40H2,1-5H3/b18-16-,37-34-. The summed E-state index contributed by atoms with van der Waals surface area (Å²) in [4.78, 5) is 25.0. The van der Waals surface area contributed by atoms with Crippen molar-refractivity contribution in [1.82, 2.24) is 0 Å². The second kappa shape index (κ2) is 35.8. The van der Waals surface area contributed by atoms with E-state index in [2.05, 4.69) is 26.0 Å². The van der Waals surface area contributed by atoms with Crippen LogP contribution in [0.1, 0.15) is 187 Å². The number of ether oxygens (including phenoxy) is 2. The van der Waals surface area contributed by atoms with Crippen molar-refractivity contribution in [3.05, 3.63) is 24.5 Å². The van der Waals surface area contributed by atoms with E-state index in [-0.39, 0.29) is 25.8 Å². The van der Waals surface area contributed by atoms with Gasteiger partial charge < -0.3 is 27.9 Å². The first-order valence-corrected chi connectivity index (χ1v) is 22.6. The average molecular weight is 744 g/mol. The molecule has 2 atom stereocenters. The van der Waals surface area contributed by atoms with Crippen molar-refractivity contribution in [3.63, 3.8) is 0 Å². The van der Waals surface area contributed by atoms with Crippen LogP contribution in [0.4, 0.5) is 0 Å². The van der Waals surface area contributed by atoms with Crippen LogP contribution in [0.2, 0.25) is 0 Å². The molecule has 0 aliphatic carbocycles. The zero-order valence-electron chi connectivity index (χ0n) is 34.1. The highest BCUT2D eigenvalue weighted by atomic mass is 31.2. The summed E-state index contributed by atoms with van der Waals surface area (Å²) in [5.74, 6) is -0.357. The summed E-state index contributed by atoms with van der Waals surface area (Å²) in [6.45, 7) is 4.72. The summed E-state index contributed by atoms with van der Waals surface area (Å²) in [5, 5.41) is 0. The summed E-state index contributed by atoms with van der Waals surface area (Å²) in [7, 11) is 1.33. The smallest absolute Gasteiger partial charge is 0.306 e. The molecule has 0 spiro atoms. The van der Waals surface area contributed by atoms with Crippen LogP contribution in [0, 0.1) is 0 Å². The molecular weight excluding hydrogens is 661 g/mol. The van der Waals surface area contributed by atoms with Crippen molar-refractivity contribution < 1.29 is 37.3 Å². The average Bonchev–Trinajstić information content (AvgIpc) is 3.08. The van der Waals surface area contributed by atoms with E-state index in [4.69, 9.17) is 18.5 Å². The lowest BCUT2D eigenvalue weighted by Crippen LogP contribution is -2.37. The lowest BCUT2D eigenvalue weighted by Gasteiger charge is -2.28. The number of phosphoric acid groups is 1. The second-order valence-electron chi connectivity index (χ2n) is 15.4. The Hall–Kier alpha value is -1.18. The maximum atomic E-state index is 12.6. The minimum atomic E-state index is -4.53. The fourth-order valence-corrected chi connectivity index (χ4v) is 6.47. The number of nitrogens with zero attached hydrogens (tertiary/aromatic N) is 1. The van der Waals surface area contributed by atoms with Gasteiger partial charge in [0.2, 0.25) is 0 Å². The Kier molecular flexibility index (Phi) is 35.0. The SMILES string of the molecule is CCCCCC/C=C\CCCCCCCC/C=C\OCC(COP(=O)([O-])OCC[N+](C)(C)C)OC(=O)CCCCCCCCCCCCCCC. The minimum Gasteiger partial charge on any atom is -0.756 e. The molecule has 0 heterocycles. The van der Waals surface area contributed by atoms with Crippen LogP contribution in [0.25, 0.3) is 0 Å². The number of carbonyl (C=O) groups is 1. The molecular formula is C42H82NO7P. The van der Waals surface area contributed by atoms with E-state index in [1.54, 1.807) is 6.26 Å². The number of hydrogen-bond donors (Lipinski definition) is 0. The van der Waals surface area contributed by atoms with E-state index < -0.39 is 13.9 Å². The maximum Gasteiger partial charge on any atom is 0.306 e. The quantitative estimate of drug-likeness (QED) is 0.0154. The van der Waals surface area contributed by atoms with Crippen LogP contribution in [0.15, 0.2) is 24.5 Å². The highest BCUT2D eigenvalue weighted by Gasteiger charge is 2.20. The number of carbonyl (C=O) groups excluding carboxylic acids is 1. The molecule has 0 saturated heterocycles. The molecule has 0 rings (SSSR count). The number of phosphoric ester groups is 1. The first-order valence-electron chi connectivity index (χ1n) is 21.1. The molecule has 0 fully saturated rings. The molecule has 0 amide bonds. The molecule has 302 valence electrons. The largest absolute Gasteiger partial charge is 0.756 e. The van der Waals surface area contributed by atoms with Crippen molar-refractivity contribution in [1.29, 1.82) is 0 Å². The third kappa shape index (κ3) is 39.9. The lowest BCUT2D eigenvalue weighted by atomic mass is 10.0. The number of rotatable bonds is 39. The van der Waals surface area contributed by atoms with E-state index in [0.29, 0.717) is 17.4 Å². The maximum absolute atomic E-state index is 12.6. The number of allylic oxidation sites excluding steroid dienone is 3. The number of likely N-dealkylation sites (N-methyl/N-ethyl adjacent to an activating group) is 1. The van der Waals surface area contributed by atoms with Gasteiger partial charge in [0.25, 0.3) is 7.82 Å². The Balaban J connectivity index is 4.30. The first kappa shape index (κ1) is 49.8. The molecule has 0 radical (unpaired) electrons. The van der Waals surface area contributed by atoms with Gasteiger partial charge in [-0.3, -0.25) is 9.36 Å². The van der Waals surface area contributed by atoms with Crippen molar-refractivity contribution in [3.8, 4) is 0 Å². The molecule has 0 N–H and O–H groups in total. The molecule has 51 heavy (non-hydrogen) atoms. The van der Waals surface area contributed by atoms with Crippen LogP contribution in [0.5, 0.6) is 0 Å². The molecule has 0 aromatic rings. The van der Waals surface area contributed by atoms with Gasteiger partial charge in [-0.15, -0.1) is 0 Å². The fraction of sp³-hybridized carbons (Fsp3) is 0.881. The summed E-state index contributed by atoms with van der Waals surface area (Å²) in [6, 6.07) is 0. The molecule has 0 bridgehead atoms. The van der Waals surface area contributed by atoms with Gasteiger partial charge in [-0.1, -0.05) is 148 Å². The molecule has 9 heteroatoms. The van der Waals surface area contributed by atoms with Crippen molar-refractivity contribution in [2.24, 2.45) is 0 Å². The van der Waals surface area contributed by atoms with Crippen molar-refractivity contribution in [2.75, 3.05) is 47.5 Å². The summed E-state index contributed by atoms with van der Waals surface area (Å²) < 4.78 is 34.3. The van der Waals surface area contributed by atoms with Gasteiger partial charge in [0, 0.05) is 6.42 Å². The lowest BCUT2D eigenvalue weighted by molar-refractivity contribution is -0.870. The Morgan fingerprint density at radius 2 is 1.04 bits per heavy atom. The topological polar surface area (TPSA) is 94.1 Å². The fourth-order valence-electron chi connectivity index (χ4n) is 5.74. The van der Waals surface area contributed by atoms with Gasteiger partial charge in [0.1, 0.15) is 19.8 Å². The van der Waals surface area contributed by atoms with Gasteiger partial charge in [-0.2, -0.15) is 0 Å². The van der Waals surface area contributed by atoms with Gasteiger partial charge in [0.15, 0.2) is 6.10 Å². The molecule has 0 aliphatic rings. The van der Waals surface area contributed by atoms with Crippen LogP contribution in [-0.4, -0.2) is 64.1 Å². The number of unbranched alkanes of at least 4 members (excludes halogenated alkanes) is 23. The van der Waals surface area contributed by atoms with Crippen molar-refractivity contribution in [2.45, 2.75) is 193 Å². The van der Waals surface area contributed by atoms with Crippen LogP contribution >= 0.6 is 7.82 Å². The van der Waals surface area contributed by atoms with Gasteiger partial charge >= 0.3 is 5.97 Å². The monoisotopic (exact) mass is 744 g/mol. The van der Waals surface area contributed by atoms with Crippen LogP contribution in [0.3, 0.4) is 0 Å². The number of hydrogen-bond acceptors (Lipinski definition) is 7. The molecule has 0 aliphatic heterocycles. The molecule has 0 aromatic carbocycles. The van der Waals surface area contributed by atoms with Gasteiger partial charge in [-0.25, -0.2) is 0 Å². The molecule has 8 nitrogen and oxygen atoms in total. The Morgan fingerprint density at radius 1 is 0.608 bits per heavy atom. The van der Waals surface area contributed by atoms with Crippen molar-refractivity contribution >= 4 is 13.8 Å². The zero-order valence-corrected chi connectivity index (χ0v) is 35.0.